The third-order valence-corrected chi connectivity index (χ3v) is 4.86. The van der Waals surface area contributed by atoms with E-state index in [1.165, 1.54) is 13.2 Å². The molecule has 1 aliphatic rings. The Kier molecular flexibility index (Phi) is 7.64. The lowest BCUT2D eigenvalue weighted by atomic mass is 10.1. The van der Waals surface area contributed by atoms with Crippen LogP contribution in [0.1, 0.15) is 29.5 Å². The summed E-state index contributed by atoms with van der Waals surface area (Å²) >= 11 is 0. The molecule has 7 heteroatoms. The topological polar surface area (TPSA) is 104 Å². The highest BCUT2D eigenvalue weighted by atomic mass is 16.5. The molecule has 1 saturated heterocycles. The first-order chi connectivity index (χ1) is 15.1. The van der Waals surface area contributed by atoms with Crippen LogP contribution in [-0.4, -0.2) is 32.3 Å². The SMILES string of the molecule is COc1cc(/C=C(\C#N)C(=O)NC[C@@H]2CCCO2)ccc1OCc1ccc(C#N)cc1. The maximum Gasteiger partial charge on any atom is 0.262 e. The van der Waals surface area contributed by atoms with E-state index in [9.17, 15) is 10.1 Å². The fourth-order valence-corrected chi connectivity index (χ4v) is 3.15. The van der Waals surface area contributed by atoms with Gasteiger partial charge >= 0.3 is 0 Å². The van der Waals surface area contributed by atoms with Crippen molar-refractivity contribution in [3.63, 3.8) is 0 Å². The summed E-state index contributed by atoms with van der Waals surface area (Å²) in [5.41, 5.74) is 2.16. The minimum absolute atomic E-state index is 0.00583. The van der Waals surface area contributed by atoms with E-state index >= 15 is 0 Å². The summed E-state index contributed by atoms with van der Waals surface area (Å²) in [5, 5.41) is 21.0. The largest absolute Gasteiger partial charge is 0.493 e. The van der Waals surface area contributed by atoms with E-state index < -0.39 is 5.91 Å². The third-order valence-electron chi connectivity index (χ3n) is 4.86. The minimum Gasteiger partial charge on any atom is -0.493 e. The highest BCUT2D eigenvalue weighted by molar-refractivity contribution is 6.01. The van der Waals surface area contributed by atoms with E-state index in [1.54, 1.807) is 30.3 Å². The van der Waals surface area contributed by atoms with Crippen LogP contribution >= 0.6 is 0 Å². The second-order valence-corrected chi connectivity index (χ2v) is 7.02. The standard InChI is InChI=1S/C24H23N3O4/c1-29-23-12-19(11-20(14-26)24(28)27-15-21-3-2-10-30-21)8-9-22(23)31-16-18-6-4-17(13-25)5-7-18/h4-9,11-12,21H,2-3,10,15-16H2,1H3,(H,27,28)/b20-11+/t21-/m0/s1. The summed E-state index contributed by atoms with van der Waals surface area (Å²) < 4.78 is 16.7. The number of nitrogens with zero attached hydrogens (tertiary/aromatic N) is 2. The van der Waals surface area contributed by atoms with E-state index in [0.29, 0.717) is 42.4 Å². The summed E-state index contributed by atoms with van der Waals surface area (Å²) in [6, 6.07) is 16.3. The van der Waals surface area contributed by atoms with Crippen LogP contribution in [0.5, 0.6) is 11.5 Å². The predicted octanol–water partition coefficient (Wildman–Crippen LogP) is 3.35. The third kappa shape index (κ3) is 6.08. The van der Waals surface area contributed by atoms with Crippen LogP contribution in [0.3, 0.4) is 0 Å². The van der Waals surface area contributed by atoms with Crippen LogP contribution in [0.25, 0.3) is 6.08 Å². The average Bonchev–Trinajstić information content (AvgIpc) is 3.34. The number of nitrogens with one attached hydrogen (secondary N) is 1. The molecule has 0 aliphatic carbocycles. The van der Waals surface area contributed by atoms with Gasteiger partial charge in [0.25, 0.3) is 5.91 Å². The lowest BCUT2D eigenvalue weighted by molar-refractivity contribution is -0.117. The van der Waals surface area contributed by atoms with Crippen LogP contribution in [0, 0.1) is 22.7 Å². The molecule has 3 rings (SSSR count). The Morgan fingerprint density at radius 2 is 2.03 bits per heavy atom. The number of carbonyl (C=O) groups is 1. The van der Waals surface area contributed by atoms with Crippen LogP contribution < -0.4 is 14.8 Å². The highest BCUT2D eigenvalue weighted by Gasteiger charge is 2.17. The quantitative estimate of drug-likeness (QED) is 0.522. The van der Waals surface area contributed by atoms with Crippen molar-refractivity contribution in [2.24, 2.45) is 0 Å². The molecule has 1 N–H and O–H groups in total. The highest BCUT2D eigenvalue weighted by Crippen LogP contribution is 2.29. The Balaban J connectivity index is 1.66. The zero-order valence-electron chi connectivity index (χ0n) is 17.3. The Morgan fingerprint density at radius 1 is 1.23 bits per heavy atom. The molecule has 0 radical (unpaired) electrons. The molecule has 1 aliphatic heterocycles. The van der Waals surface area contributed by atoms with Crippen molar-refractivity contribution in [2.45, 2.75) is 25.6 Å². The molecule has 2 aromatic rings. The van der Waals surface area contributed by atoms with E-state index in [-0.39, 0.29) is 11.7 Å². The van der Waals surface area contributed by atoms with Gasteiger partial charge in [-0.05, 0) is 54.3 Å². The van der Waals surface area contributed by atoms with Crippen molar-refractivity contribution < 1.29 is 19.0 Å². The number of ether oxygens (including phenoxy) is 3. The molecule has 1 heterocycles. The Labute approximate surface area is 181 Å². The summed E-state index contributed by atoms with van der Waals surface area (Å²) in [6.45, 7) is 1.41. The Bertz CT molecular complexity index is 1030. The monoisotopic (exact) mass is 417 g/mol. The average molecular weight is 417 g/mol. The number of nitriles is 2. The van der Waals surface area contributed by atoms with Crippen molar-refractivity contribution in [3.8, 4) is 23.6 Å². The number of amides is 1. The molecule has 31 heavy (non-hydrogen) atoms. The van der Waals surface area contributed by atoms with Gasteiger partial charge in [-0.2, -0.15) is 10.5 Å². The second kappa shape index (κ2) is 10.8. The van der Waals surface area contributed by atoms with Gasteiger partial charge in [-0.15, -0.1) is 0 Å². The first-order valence-corrected chi connectivity index (χ1v) is 9.94. The van der Waals surface area contributed by atoms with Gasteiger partial charge in [0, 0.05) is 13.2 Å². The van der Waals surface area contributed by atoms with E-state index in [2.05, 4.69) is 11.4 Å². The lowest BCUT2D eigenvalue weighted by Crippen LogP contribution is -2.32. The van der Waals surface area contributed by atoms with Crippen LogP contribution in [0.4, 0.5) is 0 Å². The minimum atomic E-state index is -0.432. The van der Waals surface area contributed by atoms with Gasteiger partial charge in [-0.3, -0.25) is 4.79 Å². The van der Waals surface area contributed by atoms with Gasteiger partial charge in [0.15, 0.2) is 11.5 Å². The van der Waals surface area contributed by atoms with Crippen LogP contribution in [0.2, 0.25) is 0 Å². The molecule has 2 aromatic carbocycles. The molecule has 1 amide bonds. The molecule has 7 nitrogen and oxygen atoms in total. The van der Waals surface area contributed by atoms with Gasteiger partial charge in [-0.25, -0.2) is 0 Å². The van der Waals surface area contributed by atoms with Crippen molar-refractivity contribution >= 4 is 12.0 Å². The molecule has 1 atom stereocenters. The van der Waals surface area contributed by atoms with Gasteiger partial charge in [0.1, 0.15) is 18.2 Å². The smallest absolute Gasteiger partial charge is 0.262 e. The maximum absolute atomic E-state index is 12.3. The van der Waals surface area contributed by atoms with Crippen molar-refractivity contribution in [1.29, 1.82) is 10.5 Å². The normalized spacial score (nSPS) is 15.6. The van der Waals surface area contributed by atoms with Crippen LogP contribution in [0.15, 0.2) is 48.0 Å². The maximum atomic E-state index is 12.3. The number of hydrogen-bond donors (Lipinski definition) is 1. The fourth-order valence-electron chi connectivity index (χ4n) is 3.15. The number of hydrogen-bond acceptors (Lipinski definition) is 6. The van der Waals surface area contributed by atoms with Crippen molar-refractivity contribution in [1.82, 2.24) is 5.32 Å². The molecule has 0 spiro atoms. The van der Waals surface area contributed by atoms with Gasteiger partial charge in [0.2, 0.25) is 0 Å². The Hall–Kier alpha value is -3.81. The fraction of sp³-hybridized carbons (Fsp3) is 0.292. The molecule has 0 aromatic heterocycles. The first-order valence-electron chi connectivity index (χ1n) is 9.94. The number of benzene rings is 2. The molecule has 1 fully saturated rings. The summed E-state index contributed by atoms with van der Waals surface area (Å²) in [7, 11) is 1.52. The molecule has 0 saturated carbocycles. The molecule has 158 valence electrons. The summed E-state index contributed by atoms with van der Waals surface area (Å²) in [6.07, 6.45) is 3.42. The number of methoxy groups -OCH3 is 1. The second-order valence-electron chi connectivity index (χ2n) is 7.02. The van der Waals surface area contributed by atoms with Gasteiger partial charge in [0.05, 0.1) is 24.8 Å². The Morgan fingerprint density at radius 3 is 2.68 bits per heavy atom. The van der Waals surface area contributed by atoms with E-state index in [4.69, 9.17) is 19.5 Å². The summed E-state index contributed by atoms with van der Waals surface area (Å²) in [5.74, 6) is 0.586. The molecule has 0 bridgehead atoms. The van der Waals surface area contributed by atoms with E-state index in [1.807, 2.05) is 18.2 Å². The zero-order chi connectivity index (χ0) is 22.1. The summed E-state index contributed by atoms with van der Waals surface area (Å²) in [4.78, 5) is 12.3. The zero-order valence-corrected chi connectivity index (χ0v) is 17.3. The van der Waals surface area contributed by atoms with Crippen molar-refractivity contribution in [2.75, 3.05) is 20.3 Å². The predicted molar refractivity (Wildman–Crippen MR) is 114 cm³/mol. The van der Waals surface area contributed by atoms with Gasteiger partial charge in [-0.1, -0.05) is 18.2 Å². The number of carbonyl (C=O) groups excluding carboxylic acids is 1. The molecule has 0 unspecified atom stereocenters. The first kappa shape index (κ1) is 21.9. The van der Waals surface area contributed by atoms with E-state index in [0.717, 1.165) is 18.4 Å². The van der Waals surface area contributed by atoms with Gasteiger partial charge < -0.3 is 19.5 Å². The van der Waals surface area contributed by atoms with Crippen molar-refractivity contribution in [3.05, 3.63) is 64.7 Å². The lowest BCUT2D eigenvalue weighted by Gasteiger charge is -2.12. The number of rotatable bonds is 8. The molecular weight excluding hydrogens is 394 g/mol. The van der Waals surface area contributed by atoms with Crippen LogP contribution in [-0.2, 0) is 16.1 Å². The molecular formula is C24H23N3O4.